The minimum absolute atomic E-state index is 0.000481. The summed E-state index contributed by atoms with van der Waals surface area (Å²) in [5.74, 6) is -4.40. The Labute approximate surface area is 343 Å². The number of fused-ring (bicyclic) bond motifs is 3. The van der Waals surface area contributed by atoms with Crippen molar-refractivity contribution in [1.82, 2.24) is 41.4 Å². The van der Waals surface area contributed by atoms with Gasteiger partial charge >= 0.3 is 0 Å². The first kappa shape index (κ1) is 42.7. The fourth-order valence-electron chi connectivity index (χ4n) is 8.27. The fraction of sp³-hybridized carbons (Fsp3) is 0.512. The number of amides is 7. The van der Waals surface area contributed by atoms with Gasteiger partial charge in [0.2, 0.25) is 41.4 Å². The Bertz CT molecular complexity index is 2010. The second-order valence-corrected chi connectivity index (χ2v) is 16.7. The van der Waals surface area contributed by atoms with E-state index in [-0.39, 0.29) is 44.0 Å². The van der Waals surface area contributed by atoms with Gasteiger partial charge in [-0.25, -0.2) is 0 Å². The third-order valence-electron chi connectivity index (χ3n) is 11.3. The Morgan fingerprint density at radius 1 is 0.678 bits per heavy atom. The molecule has 4 heterocycles. The Morgan fingerprint density at radius 3 is 1.97 bits per heavy atom. The summed E-state index contributed by atoms with van der Waals surface area (Å²) in [6, 6.07) is 9.37. The van der Waals surface area contributed by atoms with Crippen LogP contribution in [0.15, 0.2) is 54.6 Å². The van der Waals surface area contributed by atoms with E-state index in [0.717, 1.165) is 10.9 Å². The van der Waals surface area contributed by atoms with Crippen molar-refractivity contribution in [1.29, 1.82) is 0 Å². The number of hydrogen-bond donors (Lipinski definition) is 7. The molecule has 0 aliphatic carbocycles. The van der Waals surface area contributed by atoms with Crippen molar-refractivity contribution in [2.45, 2.75) is 109 Å². The molecule has 6 atom stereocenters. The molecule has 0 bridgehead atoms. The molecular formula is C43H56N8O8. The van der Waals surface area contributed by atoms with E-state index in [0.29, 0.717) is 36.9 Å². The van der Waals surface area contributed by atoms with E-state index in [1.54, 1.807) is 26.0 Å². The Kier molecular flexibility index (Phi) is 13.6. The first-order valence-corrected chi connectivity index (χ1v) is 20.6. The van der Waals surface area contributed by atoms with E-state index < -0.39 is 90.1 Å². The lowest BCUT2D eigenvalue weighted by Gasteiger charge is -2.32. The van der Waals surface area contributed by atoms with Gasteiger partial charge in [0, 0.05) is 37.1 Å². The van der Waals surface area contributed by atoms with Crippen LogP contribution in [-0.4, -0.2) is 117 Å². The molecule has 0 spiro atoms. The number of rotatable bonds is 7. The number of phenolic OH excluding ortho intramolecular Hbond substituents is 1. The lowest BCUT2D eigenvalue weighted by molar-refractivity contribution is -0.143. The number of nitrogens with one attached hydrogen (secondary N) is 6. The molecule has 3 aliphatic heterocycles. The number of carbonyl (C=O) groups is 7. The summed E-state index contributed by atoms with van der Waals surface area (Å²) in [6.07, 6.45) is 2.01. The SMILES string of the molecule is CC(C)C[C@@H]1NC(=O)[C@@H]2CCCN2C(=O)[C@@H](C(C)C)NC(=O)[C@H](Cc2ccc(O)cc2)NC(=O)CNC(=O)[C@@H]2CCCN2C(=O)[C@H](Cc2cc3ccccc3[nH]2)NC1=O. The molecule has 0 saturated carbocycles. The normalized spacial score (nSPS) is 25.6. The molecule has 0 radical (unpaired) electrons. The van der Waals surface area contributed by atoms with Gasteiger partial charge in [-0.1, -0.05) is 58.0 Å². The Balaban J connectivity index is 1.34. The minimum Gasteiger partial charge on any atom is -0.508 e. The molecule has 6 rings (SSSR count). The Hall–Kier alpha value is -5.93. The highest BCUT2D eigenvalue weighted by atomic mass is 16.3. The van der Waals surface area contributed by atoms with Crippen LogP contribution in [0.4, 0.5) is 0 Å². The summed E-state index contributed by atoms with van der Waals surface area (Å²) in [5, 5.41) is 24.7. The average molecular weight is 813 g/mol. The molecular weight excluding hydrogens is 757 g/mol. The standard InChI is InChI=1S/C43H56N8O8/c1-24(2)19-31-38(54)48-33(22-28-21-27-9-5-6-10-30(27)45-28)42(58)50-17-7-11-34(50)40(56)44-23-36(53)46-32(20-26-13-15-29(52)16-14-26)39(55)49-37(25(3)4)43(59)51-18-8-12-35(51)41(57)47-31/h5-6,9-10,13-16,21,24-25,31-35,37,45,52H,7-8,11-12,17-20,22-23H2,1-4H3,(H,44,56)(H,46,53)(H,47,57)(H,48,54)(H,49,55)/t31-,32-,33-,34-,35-,37+/m0/s1. The summed E-state index contributed by atoms with van der Waals surface area (Å²) < 4.78 is 0. The first-order valence-electron chi connectivity index (χ1n) is 20.6. The van der Waals surface area contributed by atoms with Crippen molar-refractivity contribution in [3.63, 3.8) is 0 Å². The van der Waals surface area contributed by atoms with Crippen molar-refractivity contribution < 1.29 is 38.7 Å². The number of aromatic hydroxyl groups is 1. The van der Waals surface area contributed by atoms with E-state index >= 15 is 0 Å². The average Bonchev–Trinajstić information content (AvgIpc) is 3.98. The highest BCUT2D eigenvalue weighted by Gasteiger charge is 2.42. The summed E-state index contributed by atoms with van der Waals surface area (Å²) in [4.78, 5) is 104. The van der Waals surface area contributed by atoms with Gasteiger partial charge in [0.1, 0.15) is 42.0 Å². The number of aromatic amines is 1. The number of para-hydroxylation sites is 1. The van der Waals surface area contributed by atoms with Gasteiger partial charge in [-0.05, 0) is 79.2 Å². The van der Waals surface area contributed by atoms with E-state index in [2.05, 4.69) is 31.6 Å². The molecule has 3 fully saturated rings. The Morgan fingerprint density at radius 2 is 1.31 bits per heavy atom. The van der Waals surface area contributed by atoms with Gasteiger partial charge in [-0.3, -0.25) is 33.6 Å². The summed E-state index contributed by atoms with van der Waals surface area (Å²) in [5.41, 5.74) is 2.15. The second kappa shape index (κ2) is 18.8. The van der Waals surface area contributed by atoms with Crippen LogP contribution in [0.3, 0.4) is 0 Å². The van der Waals surface area contributed by atoms with Crippen LogP contribution in [0.1, 0.15) is 71.1 Å². The van der Waals surface area contributed by atoms with Crippen molar-refractivity contribution in [2.75, 3.05) is 19.6 Å². The van der Waals surface area contributed by atoms with Crippen molar-refractivity contribution in [2.24, 2.45) is 11.8 Å². The van der Waals surface area contributed by atoms with Gasteiger partial charge in [0.15, 0.2) is 0 Å². The third-order valence-corrected chi connectivity index (χ3v) is 11.3. The number of aromatic nitrogens is 1. The van der Waals surface area contributed by atoms with Gasteiger partial charge in [0.05, 0.1) is 6.54 Å². The smallest absolute Gasteiger partial charge is 0.246 e. The number of benzene rings is 2. The van der Waals surface area contributed by atoms with Crippen LogP contribution < -0.4 is 26.6 Å². The molecule has 0 unspecified atom stereocenters. The minimum atomic E-state index is -1.19. The predicted molar refractivity (Wildman–Crippen MR) is 218 cm³/mol. The maximum atomic E-state index is 14.5. The molecule has 3 aliphatic rings. The molecule has 59 heavy (non-hydrogen) atoms. The van der Waals surface area contributed by atoms with Crippen LogP contribution in [-0.2, 0) is 46.4 Å². The maximum absolute atomic E-state index is 14.5. The zero-order valence-corrected chi connectivity index (χ0v) is 34.1. The predicted octanol–water partition coefficient (Wildman–Crippen LogP) is 1.41. The van der Waals surface area contributed by atoms with Crippen LogP contribution in [0.25, 0.3) is 10.9 Å². The van der Waals surface area contributed by atoms with Crippen molar-refractivity contribution >= 4 is 52.3 Å². The van der Waals surface area contributed by atoms with E-state index in [9.17, 15) is 38.7 Å². The van der Waals surface area contributed by atoms with Crippen LogP contribution in [0.5, 0.6) is 5.75 Å². The second-order valence-electron chi connectivity index (χ2n) is 16.7. The monoisotopic (exact) mass is 812 g/mol. The van der Waals surface area contributed by atoms with Gasteiger partial charge in [-0.2, -0.15) is 0 Å². The summed E-state index contributed by atoms with van der Waals surface area (Å²) >= 11 is 0. The van der Waals surface area contributed by atoms with Gasteiger partial charge in [-0.15, -0.1) is 0 Å². The molecule has 7 N–H and O–H groups in total. The number of H-pyrrole nitrogens is 1. The first-order chi connectivity index (χ1) is 28.2. The zero-order valence-electron chi connectivity index (χ0n) is 34.1. The summed E-state index contributed by atoms with van der Waals surface area (Å²) in [7, 11) is 0. The molecule has 1 aromatic heterocycles. The van der Waals surface area contributed by atoms with Gasteiger partial charge < -0.3 is 46.5 Å². The highest BCUT2D eigenvalue weighted by Crippen LogP contribution is 2.24. The number of hydrogen-bond acceptors (Lipinski definition) is 8. The van der Waals surface area contributed by atoms with Crippen LogP contribution in [0.2, 0.25) is 0 Å². The van der Waals surface area contributed by atoms with Crippen LogP contribution >= 0.6 is 0 Å². The summed E-state index contributed by atoms with van der Waals surface area (Å²) in [6.45, 7) is 7.35. The van der Waals surface area contributed by atoms with Gasteiger partial charge in [0.25, 0.3) is 0 Å². The molecule has 16 nitrogen and oxygen atoms in total. The maximum Gasteiger partial charge on any atom is 0.246 e. The molecule has 3 saturated heterocycles. The largest absolute Gasteiger partial charge is 0.508 e. The molecule has 3 aromatic rings. The highest BCUT2D eigenvalue weighted by molar-refractivity contribution is 5.98. The fourth-order valence-corrected chi connectivity index (χ4v) is 8.27. The van der Waals surface area contributed by atoms with E-state index in [1.807, 2.05) is 44.2 Å². The quantitative estimate of drug-likeness (QED) is 0.185. The number of carbonyl (C=O) groups excluding carboxylic acids is 7. The van der Waals surface area contributed by atoms with Crippen LogP contribution in [0, 0.1) is 11.8 Å². The molecule has 16 heteroatoms. The van der Waals surface area contributed by atoms with E-state index in [1.165, 1.54) is 21.9 Å². The molecule has 2 aromatic carbocycles. The number of phenols is 1. The topological polar surface area (TPSA) is 222 Å². The van der Waals surface area contributed by atoms with E-state index in [4.69, 9.17) is 0 Å². The molecule has 7 amide bonds. The molecule has 316 valence electrons. The lowest BCUT2D eigenvalue weighted by Crippen LogP contribution is -2.60. The lowest BCUT2D eigenvalue weighted by atomic mass is 9.99. The van der Waals surface area contributed by atoms with Crippen molar-refractivity contribution in [3.8, 4) is 5.75 Å². The van der Waals surface area contributed by atoms with Crippen molar-refractivity contribution in [3.05, 3.63) is 65.9 Å². The zero-order chi connectivity index (χ0) is 42.4. The third kappa shape index (κ3) is 10.4. The number of nitrogens with zero attached hydrogens (tertiary/aromatic N) is 2.